The summed E-state index contributed by atoms with van der Waals surface area (Å²) < 4.78 is 1.95. The van der Waals surface area contributed by atoms with Crippen molar-refractivity contribution in [2.75, 3.05) is 13.1 Å². The highest BCUT2D eigenvalue weighted by Crippen LogP contribution is 2.30. The number of nitrogens with one attached hydrogen (secondary N) is 1. The van der Waals surface area contributed by atoms with E-state index in [4.69, 9.17) is 0 Å². The molecule has 0 unspecified atom stereocenters. The molecule has 0 saturated carbocycles. The predicted molar refractivity (Wildman–Crippen MR) is 88.1 cm³/mol. The quantitative estimate of drug-likeness (QED) is 0.740. The molecule has 1 aromatic heterocycles. The number of aromatic nitrogens is 1. The molecule has 20 heavy (non-hydrogen) atoms. The zero-order valence-electron chi connectivity index (χ0n) is 11.1. The van der Waals surface area contributed by atoms with E-state index in [1.165, 1.54) is 12.8 Å². The highest BCUT2D eigenvalue weighted by atomic mass is 79.9. The van der Waals surface area contributed by atoms with Gasteiger partial charge in [-0.25, -0.2) is 0 Å². The van der Waals surface area contributed by atoms with Gasteiger partial charge in [0.1, 0.15) is 0 Å². The summed E-state index contributed by atoms with van der Waals surface area (Å²) in [5, 5.41) is 0.981. The van der Waals surface area contributed by atoms with Gasteiger partial charge >= 0.3 is 0 Å². The third-order valence-corrected chi connectivity index (χ3v) is 5.69. The first-order chi connectivity index (χ1) is 9.66. The van der Waals surface area contributed by atoms with E-state index in [2.05, 4.69) is 36.8 Å². The first-order valence-electron chi connectivity index (χ1n) is 6.92. The van der Waals surface area contributed by atoms with E-state index >= 15 is 0 Å². The lowest BCUT2D eigenvalue weighted by Crippen LogP contribution is -2.31. The third kappa shape index (κ3) is 2.66. The van der Waals surface area contributed by atoms with Gasteiger partial charge in [0, 0.05) is 39.1 Å². The number of halogens is 2. The molecule has 1 aromatic carbocycles. The normalized spacial score (nSPS) is 16.4. The fraction of sp³-hybridized carbons (Fsp3) is 0.400. The van der Waals surface area contributed by atoms with Crippen molar-refractivity contribution in [1.29, 1.82) is 0 Å². The lowest BCUT2D eigenvalue weighted by Gasteiger charge is -2.19. The number of rotatable bonds is 1. The first-order valence-corrected chi connectivity index (χ1v) is 8.51. The minimum Gasteiger partial charge on any atom is -0.360 e. The maximum Gasteiger partial charge on any atom is 0.256 e. The monoisotopic (exact) mass is 398 g/mol. The number of nitrogens with zero attached hydrogens (tertiary/aromatic N) is 1. The van der Waals surface area contributed by atoms with Crippen LogP contribution in [0.15, 0.2) is 27.3 Å². The number of likely N-dealkylation sites (tertiary alicyclic amines) is 1. The smallest absolute Gasteiger partial charge is 0.256 e. The molecule has 1 aliphatic rings. The van der Waals surface area contributed by atoms with Crippen molar-refractivity contribution in [3.8, 4) is 0 Å². The van der Waals surface area contributed by atoms with E-state index < -0.39 is 0 Å². The topological polar surface area (TPSA) is 36.1 Å². The van der Waals surface area contributed by atoms with Gasteiger partial charge in [0.25, 0.3) is 5.91 Å². The average molecular weight is 400 g/mol. The molecule has 0 spiro atoms. The number of carbonyl (C=O) groups excluding carboxylic acids is 1. The minimum absolute atomic E-state index is 0.146. The zero-order chi connectivity index (χ0) is 14.1. The van der Waals surface area contributed by atoms with Crippen LogP contribution in [0.1, 0.15) is 36.0 Å². The van der Waals surface area contributed by atoms with Gasteiger partial charge < -0.3 is 9.88 Å². The van der Waals surface area contributed by atoms with Crippen molar-refractivity contribution < 1.29 is 4.79 Å². The zero-order valence-corrected chi connectivity index (χ0v) is 14.3. The van der Waals surface area contributed by atoms with Crippen LogP contribution >= 0.6 is 31.9 Å². The van der Waals surface area contributed by atoms with Gasteiger partial charge in [0.05, 0.1) is 5.56 Å². The van der Waals surface area contributed by atoms with Crippen LogP contribution in [0, 0.1) is 0 Å². The van der Waals surface area contributed by atoms with Crippen molar-refractivity contribution in [1.82, 2.24) is 9.88 Å². The molecular weight excluding hydrogens is 384 g/mol. The molecule has 3 rings (SSSR count). The number of hydrogen-bond donors (Lipinski definition) is 1. The van der Waals surface area contributed by atoms with Crippen molar-refractivity contribution in [3.05, 3.63) is 32.8 Å². The second-order valence-electron chi connectivity index (χ2n) is 5.22. The van der Waals surface area contributed by atoms with Crippen LogP contribution < -0.4 is 0 Å². The Labute approximate surface area is 135 Å². The third-order valence-electron chi connectivity index (χ3n) is 3.85. The van der Waals surface area contributed by atoms with Crippen molar-refractivity contribution in [2.24, 2.45) is 0 Å². The van der Waals surface area contributed by atoms with Gasteiger partial charge in [-0.3, -0.25) is 4.79 Å². The Bertz CT molecular complexity index is 643. The van der Waals surface area contributed by atoms with Gasteiger partial charge in [-0.05, 0) is 56.8 Å². The average Bonchev–Trinajstić information content (AvgIpc) is 2.66. The van der Waals surface area contributed by atoms with E-state index in [9.17, 15) is 4.79 Å². The molecule has 1 amide bonds. The van der Waals surface area contributed by atoms with Gasteiger partial charge in [-0.1, -0.05) is 12.8 Å². The molecule has 1 fully saturated rings. The number of fused-ring (bicyclic) bond motifs is 1. The number of benzene rings is 1. The lowest BCUT2D eigenvalue weighted by molar-refractivity contribution is 0.0763. The van der Waals surface area contributed by atoms with Gasteiger partial charge in [0.2, 0.25) is 0 Å². The number of hydrogen-bond acceptors (Lipinski definition) is 1. The SMILES string of the molecule is O=C(c1c[nH]c2cc(Br)c(Br)cc12)N1CCCCCC1. The standard InChI is InChI=1S/C15H16Br2N2O/c16-12-7-10-11(9-18-14(10)8-13(12)17)15(20)19-5-3-1-2-4-6-19/h7-9,18H,1-6H2. The Kier molecular flexibility index (Phi) is 4.17. The number of H-pyrrole nitrogens is 1. The summed E-state index contributed by atoms with van der Waals surface area (Å²) in [5.41, 5.74) is 1.76. The molecule has 0 radical (unpaired) electrons. The van der Waals surface area contributed by atoms with E-state index in [0.29, 0.717) is 0 Å². The van der Waals surface area contributed by atoms with E-state index in [1.54, 1.807) is 0 Å². The Morgan fingerprint density at radius 1 is 1.05 bits per heavy atom. The van der Waals surface area contributed by atoms with Crippen LogP contribution in [-0.2, 0) is 0 Å². The summed E-state index contributed by atoms with van der Waals surface area (Å²) in [4.78, 5) is 17.9. The number of amides is 1. The summed E-state index contributed by atoms with van der Waals surface area (Å²) >= 11 is 6.99. The minimum atomic E-state index is 0.146. The summed E-state index contributed by atoms with van der Waals surface area (Å²) in [6, 6.07) is 4.00. The molecule has 1 aliphatic heterocycles. The lowest BCUT2D eigenvalue weighted by atomic mass is 10.1. The Hall–Kier alpha value is -0.810. The van der Waals surface area contributed by atoms with Crippen LogP contribution in [0.5, 0.6) is 0 Å². The van der Waals surface area contributed by atoms with Crippen LogP contribution in [-0.4, -0.2) is 28.9 Å². The summed E-state index contributed by atoms with van der Waals surface area (Å²) in [7, 11) is 0. The maximum atomic E-state index is 12.7. The molecule has 2 aromatic rings. The summed E-state index contributed by atoms with van der Waals surface area (Å²) in [6.07, 6.45) is 6.52. The Morgan fingerprint density at radius 2 is 1.70 bits per heavy atom. The van der Waals surface area contributed by atoms with Crippen LogP contribution in [0.4, 0.5) is 0 Å². The fourth-order valence-electron chi connectivity index (χ4n) is 2.74. The van der Waals surface area contributed by atoms with Gasteiger partial charge in [0.15, 0.2) is 0 Å². The molecular formula is C15H16Br2N2O. The molecule has 1 N–H and O–H groups in total. The van der Waals surface area contributed by atoms with E-state index in [-0.39, 0.29) is 5.91 Å². The van der Waals surface area contributed by atoms with Gasteiger partial charge in [-0.2, -0.15) is 0 Å². The highest BCUT2D eigenvalue weighted by Gasteiger charge is 2.20. The van der Waals surface area contributed by atoms with Crippen molar-refractivity contribution in [3.63, 3.8) is 0 Å². The number of carbonyl (C=O) groups is 1. The van der Waals surface area contributed by atoms with E-state index in [1.807, 2.05) is 23.2 Å². The molecule has 106 valence electrons. The molecule has 0 atom stereocenters. The second-order valence-corrected chi connectivity index (χ2v) is 6.93. The summed E-state index contributed by atoms with van der Waals surface area (Å²) in [6.45, 7) is 1.76. The molecule has 0 aliphatic carbocycles. The molecule has 5 heteroatoms. The maximum absolute atomic E-state index is 12.7. The fourth-order valence-corrected chi connectivity index (χ4v) is 3.42. The van der Waals surface area contributed by atoms with Crippen LogP contribution in [0.3, 0.4) is 0 Å². The second kappa shape index (κ2) is 5.90. The van der Waals surface area contributed by atoms with Crippen molar-refractivity contribution in [2.45, 2.75) is 25.7 Å². The summed E-state index contributed by atoms with van der Waals surface area (Å²) in [5.74, 6) is 0.146. The van der Waals surface area contributed by atoms with Crippen LogP contribution in [0.2, 0.25) is 0 Å². The Balaban J connectivity index is 1.96. The highest BCUT2D eigenvalue weighted by molar-refractivity contribution is 9.13. The van der Waals surface area contributed by atoms with E-state index in [0.717, 1.165) is 51.3 Å². The largest absolute Gasteiger partial charge is 0.360 e. The predicted octanol–water partition coefficient (Wildman–Crippen LogP) is 4.71. The van der Waals surface area contributed by atoms with Crippen molar-refractivity contribution >= 4 is 48.7 Å². The van der Waals surface area contributed by atoms with Crippen LogP contribution in [0.25, 0.3) is 10.9 Å². The molecule has 3 nitrogen and oxygen atoms in total. The molecule has 1 saturated heterocycles. The molecule has 0 bridgehead atoms. The first kappa shape index (κ1) is 14.1. The molecule has 2 heterocycles. The van der Waals surface area contributed by atoms with Gasteiger partial charge in [-0.15, -0.1) is 0 Å². The Morgan fingerprint density at radius 3 is 2.40 bits per heavy atom. The number of aromatic amines is 1.